The molecule has 8 aromatic carbocycles. The van der Waals surface area contributed by atoms with E-state index in [9.17, 15) is 0 Å². The maximum atomic E-state index is 5.52. The van der Waals surface area contributed by atoms with Gasteiger partial charge in [-0.1, -0.05) is 170 Å². The molecule has 0 N–H and O–H groups in total. The smallest absolute Gasteiger partial charge is 0.147 e. The minimum atomic E-state index is 0.973. The molecular weight excluding hydrogens is 593 g/mol. The average Bonchev–Trinajstić information content (AvgIpc) is 3.59. The number of hydrogen-bond acceptors (Lipinski definition) is 1. The normalized spacial score (nSPS) is 11.7. The summed E-state index contributed by atoms with van der Waals surface area (Å²) in [5.74, 6) is 0. The second kappa shape index (κ2) is 11.0. The van der Waals surface area contributed by atoms with Crippen molar-refractivity contribution in [2.45, 2.75) is 0 Å². The van der Waals surface area contributed by atoms with Crippen LogP contribution >= 0.6 is 0 Å². The average molecular weight is 623 g/mol. The second-order valence-corrected chi connectivity index (χ2v) is 12.8. The summed E-state index contributed by atoms with van der Waals surface area (Å²) in [6.07, 6.45) is 0. The molecule has 0 saturated heterocycles. The highest BCUT2D eigenvalue weighted by Gasteiger charge is 2.22. The molecule has 2 aromatic heterocycles. The summed E-state index contributed by atoms with van der Waals surface area (Å²) in [5, 5.41) is 8.54. The second-order valence-electron chi connectivity index (χ2n) is 12.8. The summed E-state index contributed by atoms with van der Waals surface area (Å²) in [4.78, 5) is 5.52. The molecule has 0 unspecified atom stereocenters. The van der Waals surface area contributed by atoms with Gasteiger partial charge in [-0.15, -0.1) is 0 Å². The largest absolute Gasteiger partial charge is 0.291 e. The first-order chi connectivity index (χ1) is 24.3. The molecule has 0 amide bonds. The van der Waals surface area contributed by atoms with Gasteiger partial charge in [0.2, 0.25) is 0 Å². The monoisotopic (exact) mass is 622 g/mol. The Balaban J connectivity index is 1.25. The van der Waals surface area contributed by atoms with Gasteiger partial charge in [-0.3, -0.25) is 4.40 Å². The molecule has 2 heteroatoms. The summed E-state index contributed by atoms with van der Waals surface area (Å²) in [6, 6.07) is 65.6. The van der Waals surface area contributed by atoms with Crippen molar-refractivity contribution in [3.05, 3.63) is 182 Å². The van der Waals surface area contributed by atoms with Crippen LogP contribution in [0.5, 0.6) is 0 Å². The fraction of sp³-hybridized carbons (Fsp3) is 0. The van der Waals surface area contributed by atoms with Gasteiger partial charge in [-0.05, 0) is 61.3 Å². The number of benzene rings is 8. The molecule has 0 radical (unpaired) electrons. The highest BCUT2D eigenvalue weighted by atomic mass is 15.0. The highest BCUT2D eigenvalue weighted by molar-refractivity contribution is 6.23. The first-order valence-corrected chi connectivity index (χ1v) is 16.8. The number of rotatable bonds is 4. The minimum absolute atomic E-state index is 0.973. The Hall–Kier alpha value is -6.51. The summed E-state index contributed by atoms with van der Waals surface area (Å²) < 4.78 is 2.41. The quantitative estimate of drug-likeness (QED) is 0.179. The number of aromatic nitrogens is 2. The number of imidazole rings is 1. The summed E-state index contributed by atoms with van der Waals surface area (Å²) in [7, 11) is 0. The molecule has 0 atom stereocenters. The molecule has 228 valence electrons. The molecular formula is C47H30N2. The fourth-order valence-corrected chi connectivity index (χ4v) is 7.57. The van der Waals surface area contributed by atoms with Gasteiger partial charge in [-0.25, -0.2) is 4.98 Å². The van der Waals surface area contributed by atoms with E-state index in [-0.39, 0.29) is 0 Å². The van der Waals surface area contributed by atoms with Crippen molar-refractivity contribution in [3.63, 3.8) is 0 Å². The third kappa shape index (κ3) is 4.46. The van der Waals surface area contributed by atoms with Crippen LogP contribution in [0.3, 0.4) is 0 Å². The van der Waals surface area contributed by atoms with Crippen molar-refractivity contribution in [2.24, 2.45) is 0 Å². The zero-order valence-electron chi connectivity index (χ0n) is 26.7. The third-order valence-corrected chi connectivity index (χ3v) is 9.95. The van der Waals surface area contributed by atoms with E-state index in [1.165, 1.54) is 60.0 Å². The van der Waals surface area contributed by atoms with Gasteiger partial charge in [0, 0.05) is 21.9 Å². The van der Waals surface area contributed by atoms with E-state index in [1.807, 2.05) is 0 Å². The molecule has 49 heavy (non-hydrogen) atoms. The Labute approximate surface area is 284 Å². The van der Waals surface area contributed by atoms with Gasteiger partial charge in [-0.2, -0.15) is 0 Å². The van der Waals surface area contributed by atoms with Crippen molar-refractivity contribution >= 4 is 48.9 Å². The van der Waals surface area contributed by atoms with Gasteiger partial charge in [0.25, 0.3) is 0 Å². The molecule has 0 bridgehead atoms. The molecule has 0 aliphatic heterocycles. The Morgan fingerprint density at radius 1 is 0.347 bits per heavy atom. The van der Waals surface area contributed by atoms with Gasteiger partial charge in [0.05, 0.1) is 16.9 Å². The minimum Gasteiger partial charge on any atom is -0.291 e. The summed E-state index contributed by atoms with van der Waals surface area (Å²) >= 11 is 0. The molecule has 0 aliphatic carbocycles. The first kappa shape index (κ1) is 27.6. The van der Waals surface area contributed by atoms with Crippen LogP contribution in [0.1, 0.15) is 0 Å². The lowest BCUT2D eigenvalue weighted by atomic mass is 9.96. The van der Waals surface area contributed by atoms with Crippen LogP contribution in [0.15, 0.2) is 182 Å². The Morgan fingerprint density at radius 2 is 0.898 bits per heavy atom. The van der Waals surface area contributed by atoms with Gasteiger partial charge < -0.3 is 0 Å². The molecule has 0 spiro atoms. The van der Waals surface area contributed by atoms with Crippen LogP contribution < -0.4 is 0 Å². The summed E-state index contributed by atoms with van der Waals surface area (Å²) in [5.41, 5.74) is 11.2. The number of hydrogen-bond donors (Lipinski definition) is 0. The lowest BCUT2D eigenvalue weighted by Gasteiger charge is -2.15. The predicted octanol–water partition coefficient (Wildman–Crippen LogP) is 12.6. The van der Waals surface area contributed by atoms with Crippen molar-refractivity contribution in [1.82, 2.24) is 9.38 Å². The van der Waals surface area contributed by atoms with Gasteiger partial charge in [0.15, 0.2) is 0 Å². The Morgan fingerprint density at radius 3 is 1.65 bits per heavy atom. The SMILES string of the molecule is c1ccc(-c2nc3c4c5ccccc5ccc4c4ccc(-c5ccc(-c6ccc7ccccc7c6)cc5)cc4n3c2-c2ccccc2)cc1. The van der Waals surface area contributed by atoms with Gasteiger partial charge in [0.1, 0.15) is 5.65 Å². The van der Waals surface area contributed by atoms with Gasteiger partial charge >= 0.3 is 0 Å². The van der Waals surface area contributed by atoms with Crippen LogP contribution in [0.2, 0.25) is 0 Å². The third-order valence-electron chi connectivity index (χ3n) is 9.95. The summed E-state index contributed by atoms with van der Waals surface area (Å²) in [6.45, 7) is 0. The molecule has 0 aliphatic rings. The molecule has 10 rings (SSSR count). The Kier molecular flexibility index (Phi) is 6.22. The van der Waals surface area contributed by atoms with E-state index in [1.54, 1.807) is 0 Å². The van der Waals surface area contributed by atoms with Crippen LogP contribution in [0.25, 0.3) is 93.6 Å². The zero-order valence-corrected chi connectivity index (χ0v) is 26.7. The van der Waals surface area contributed by atoms with E-state index in [2.05, 4.69) is 186 Å². The van der Waals surface area contributed by atoms with Crippen LogP contribution in [-0.4, -0.2) is 9.38 Å². The maximum absolute atomic E-state index is 5.52. The lowest BCUT2D eigenvalue weighted by molar-refractivity contribution is 1.27. The molecule has 10 aromatic rings. The van der Waals surface area contributed by atoms with Crippen LogP contribution in [-0.2, 0) is 0 Å². The van der Waals surface area contributed by atoms with Crippen LogP contribution in [0.4, 0.5) is 0 Å². The standard InChI is InChI=1S/C47H30N2/c1-3-13-35(14-4-1)45-46(36-15-5-2-6-16-36)49-43-30-39(33-21-19-32(20-22-33)38-24-23-31-11-7-8-17-37(31)29-38)26-27-41(43)42-28-25-34-12-9-10-18-40(34)44(42)47(49)48-45/h1-30H. The molecule has 2 nitrogen and oxygen atoms in total. The molecule has 0 fully saturated rings. The van der Waals surface area contributed by atoms with Crippen molar-refractivity contribution < 1.29 is 0 Å². The van der Waals surface area contributed by atoms with Crippen molar-refractivity contribution in [1.29, 1.82) is 0 Å². The van der Waals surface area contributed by atoms with E-state index in [0.29, 0.717) is 0 Å². The maximum Gasteiger partial charge on any atom is 0.147 e. The topological polar surface area (TPSA) is 17.3 Å². The first-order valence-electron chi connectivity index (χ1n) is 16.8. The van der Waals surface area contributed by atoms with Crippen molar-refractivity contribution in [3.8, 4) is 44.8 Å². The van der Waals surface area contributed by atoms with Crippen LogP contribution in [0, 0.1) is 0 Å². The number of nitrogens with zero attached hydrogens (tertiary/aromatic N) is 2. The number of pyridine rings is 1. The van der Waals surface area contributed by atoms with E-state index >= 15 is 0 Å². The Bertz CT molecular complexity index is 2850. The van der Waals surface area contributed by atoms with E-state index in [4.69, 9.17) is 4.98 Å². The zero-order chi connectivity index (χ0) is 32.3. The van der Waals surface area contributed by atoms with E-state index in [0.717, 1.165) is 33.7 Å². The predicted molar refractivity (Wildman–Crippen MR) is 207 cm³/mol. The van der Waals surface area contributed by atoms with E-state index < -0.39 is 0 Å². The fourth-order valence-electron chi connectivity index (χ4n) is 7.57. The molecule has 0 saturated carbocycles. The number of fused-ring (bicyclic) bond motifs is 9. The lowest BCUT2D eigenvalue weighted by Crippen LogP contribution is -1.96. The highest BCUT2D eigenvalue weighted by Crippen LogP contribution is 2.42. The molecule has 2 heterocycles. The van der Waals surface area contributed by atoms with Crippen molar-refractivity contribution in [2.75, 3.05) is 0 Å².